The van der Waals surface area contributed by atoms with E-state index in [4.69, 9.17) is 0 Å². The largest absolute Gasteiger partial charge is 0.391 e. The van der Waals surface area contributed by atoms with Crippen LogP contribution < -0.4 is 5.32 Å². The molecule has 0 saturated carbocycles. The van der Waals surface area contributed by atoms with Crippen LogP contribution in [0.4, 0.5) is 0 Å². The molecular formula is C14H21NO2. The zero-order valence-corrected chi connectivity index (χ0v) is 10.8. The van der Waals surface area contributed by atoms with Crippen molar-refractivity contribution in [1.82, 2.24) is 5.32 Å². The van der Waals surface area contributed by atoms with E-state index in [0.29, 0.717) is 6.54 Å². The van der Waals surface area contributed by atoms with Gasteiger partial charge in [0.2, 0.25) is 0 Å². The molecule has 0 heterocycles. The summed E-state index contributed by atoms with van der Waals surface area (Å²) in [6, 6.07) is 6.38. The maximum absolute atomic E-state index is 10.8. The molecule has 0 fully saturated rings. The molecule has 1 unspecified atom stereocenters. The van der Waals surface area contributed by atoms with Gasteiger partial charge in [-0.25, -0.2) is 0 Å². The van der Waals surface area contributed by atoms with E-state index in [1.807, 2.05) is 0 Å². The third-order valence-corrected chi connectivity index (χ3v) is 2.51. The Morgan fingerprint density at radius 2 is 1.88 bits per heavy atom. The molecule has 17 heavy (non-hydrogen) atoms. The number of aryl methyl sites for hydroxylation is 2. The summed E-state index contributed by atoms with van der Waals surface area (Å²) in [4.78, 5) is 10.8. The molecular weight excluding hydrogens is 214 g/mol. The van der Waals surface area contributed by atoms with Crippen molar-refractivity contribution >= 4 is 5.78 Å². The predicted octanol–water partition coefficient (Wildman–Crippen LogP) is 1.73. The average molecular weight is 235 g/mol. The van der Waals surface area contributed by atoms with Gasteiger partial charge < -0.3 is 10.4 Å². The Morgan fingerprint density at radius 3 is 2.41 bits per heavy atom. The third kappa shape index (κ3) is 5.61. The number of rotatable bonds is 6. The smallest absolute Gasteiger partial charge is 0.132 e. The van der Waals surface area contributed by atoms with E-state index >= 15 is 0 Å². The zero-order valence-electron chi connectivity index (χ0n) is 10.8. The van der Waals surface area contributed by atoms with E-state index in [1.54, 1.807) is 0 Å². The molecule has 0 bridgehead atoms. The Balaban J connectivity index is 2.37. The Morgan fingerprint density at radius 1 is 1.29 bits per heavy atom. The standard InChI is InChI=1S/C14H21NO2/c1-10-4-11(2)6-13(5-10)8-15-9-14(17)7-12(3)16/h4-6,14-15,17H,7-9H2,1-3H3. The van der Waals surface area contributed by atoms with Crippen molar-refractivity contribution in [3.05, 3.63) is 34.9 Å². The van der Waals surface area contributed by atoms with Crippen LogP contribution in [-0.4, -0.2) is 23.5 Å². The molecule has 1 rings (SSSR count). The van der Waals surface area contributed by atoms with Gasteiger partial charge in [0, 0.05) is 19.5 Å². The number of carbonyl (C=O) groups excluding carboxylic acids is 1. The lowest BCUT2D eigenvalue weighted by Crippen LogP contribution is -2.27. The van der Waals surface area contributed by atoms with Gasteiger partial charge >= 0.3 is 0 Å². The van der Waals surface area contributed by atoms with Crippen molar-refractivity contribution in [2.75, 3.05) is 6.54 Å². The van der Waals surface area contributed by atoms with Gasteiger partial charge in [0.1, 0.15) is 5.78 Å². The molecule has 1 aromatic carbocycles. The summed E-state index contributed by atoms with van der Waals surface area (Å²) in [7, 11) is 0. The van der Waals surface area contributed by atoms with Gasteiger partial charge in [-0.15, -0.1) is 0 Å². The molecule has 0 aliphatic rings. The second kappa shape index (κ2) is 6.52. The summed E-state index contributed by atoms with van der Waals surface area (Å²) in [5, 5.41) is 12.7. The zero-order chi connectivity index (χ0) is 12.8. The van der Waals surface area contributed by atoms with Crippen LogP contribution >= 0.6 is 0 Å². The fraction of sp³-hybridized carbons (Fsp3) is 0.500. The maximum atomic E-state index is 10.8. The van der Waals surface area contributed by atoms with Crippen LogP contribution in [0, 0.1) is 13.8 Å². The van der Waals surface area contributed by atoms with Crippen LogP contribution in [0.1, 0.15) is 30.0 Å². The van der Waals surface area contributed by atoms with Crippen LogP contribution in [0.2, 0.25) is 0 Å². The highest BCUT2D eigenvalue weighted by molar-refractivity contribution is 5.75. The number of aliphatic hydroxyl groups excluding tert-OH is 1. The second-order valence-corrected chi connectivity index (χ2v) is 4.69. The highest BCUT2D eigenvalue weighted by Crippen LogP contribution is 2.08. The minimum atomic E-state index is -0.585. The SMILES string of the molecule is CC(=O)CC(O)CNCc1cc(C)cc(C)c1. The summed E-state index contributed by atoms with van der Waals surface area (Å²) in [5.41, 5.74) is 3.69. The molecule has 1 atom stereocenters. The topological polar surface area (TPSA) is 49.3 Å². The van der Waals surface area contributed by atoms with E-state index in [0.717, 1.165) is 6.54 Å². The lowest BCUT2D eigenvalue weighted by atomic mass is 10.1. The molecule has 94 valence electrons. The first kappa shape index (κ1) is 13.9. The Bertz CT molecular complexity index is 368. The summed E-state index contributed by atoms with van der Waals surface area (Å²) < 4.78 is 0. The van der Waals surface area contributed by atoms with E-state index in [2.05, 4.69) is 37.4 Å². The first-order valence-corrected chi connectivity index (χ1v) is 5.93. The Kier molecular flexibility index (Phi) is 5.32. The number of hydrogen-bond donors (Lipinski definition) is 2. The highest BCUT2D eigenvalue weighted by Gasteiger charge is 2.06. The van der Waals surface area contributed by atoms with Crippen LogP contribution in [-0.2, 0) is 11.3 Å². The van der Waals surface area contributed by atoms with Crippen LogP contribution in [0.5, 0.6) is 0 Å². The minimum Gasteiger partial charge on any atom is -0.391 e. The summed E-state index contributed by atoms with van der Waals surface area (Å²) in [5.74, 6) is 0.0192. The van der Waals surface area contributed by atoms with Gasteiger partial charge in [0.05, 0.1) is 6.10 Å². The quantitative estimate of drug-likeness (QED) is 0.789. The first-order valence-electron chi connectivity index (χ1n) is 5.93. The van der Waals surface area contributed by atoms with Crippen LogP contribution in [0.3, 0.4) is 0 Å². The molecule has 0 amide bonds. The van der Waals surface area contributed by atoms with Gasteiger partial charge in [-0.2, -0.15) is 0 Å². The predicted molar refractivity (Wildman–Crippen MR) is 68.9 cm³/mol. The van der Waals surface area contributed by atoms with Crippen molar-refractivity contribution in [1.29, 1.82) is 0 Å². The maximum Gasteiger partial charge on any atom is 0.132 e. The van der Waals surface area contributed by atoms with Crippen LogP contribution in [0.15, 0.2) is 18.2 Å². The molecule has 0 aliphatic carbocycles. The number of benzene rings is 1. The number of hydrogen-bond acceptors (Lipinski definition) is 3. The van der Waals surface area contributed by atoms with E-state index in [9.17, 15) is 9.90 Å². The number of carbonyl (C=O) groups is 1. The van der Waals surface area contributed by atoms with Gasteiger partial charge in [-0.05, 0) is 26.3 Å². The Labute approximate surface area is 103 Å². The Hall–Kier alpha value is -1.19. The number of nitrogens with one attached hydrogen (secondary N) is 1. The van der Waals surface area contributed by atoms with Crippen molar-refractivity contribution < 1.29 is 9.90 Å². The molecule has 0 saturated heterocycles. The third-order valence-electron chi connectivity index (χ3n) is 2.51. The van der Waals surface area contributed by atoms with Crippen molar-refractivity contribution in [2.24, 2.45) is 0 Å². The van der Waals surface area contributed by atoms with E-state index < -0.39 is 6.10 Å². The molecule has 0 aromatic heterocycles. The molecule has 0 radical (unpaired) electrons. The highest BCUT2D eigenvalue weighted by atomic mass is 16.3. The van der Waals surface area contributed by atoms with Gasteiger partial charge in [0.25, 0.3) is 0 Å². The average Bonchev–Trinajstić information content (AvgIpc) is 2.14. The molecule has 0 aliphatic heterocycles. The molecule has 0 spiro atoms. The fourth-order valence-corrected chi connectivity index (χ4v) is 1.96. The minimum absolute atomic E-state index is 0.0192. The number of ketones is 1. The fourth-order valence-electron chi connectivity index (χ4n) is 1.96. The summed E-state index contributed by atoms with van der Waals surface area (Å²) >= 11 is 0. The molecule has 3 heteroatoms. The van der Waals surface area contributed by atoms with Gasteiger partial charge in [-0.1, -0.05) is 29.3 Å². The van der Waals surface area contributed by atoms with Gasteiger partial charge in [0.15, 0.2) is 0 Å². The van der Waals surface area contributed by atoms with Crippen molar-refractivity contribution in [3.63, 3.8) is 0 Å². The van der Waals surface area contributed by atoms with Crippen molar-refractivity contribution in [3.8, 4) is 0 Å². The van der Waals surface area contributed by atoms with E-state index in [-0.39, 0.29) is 12.2 Å². The molecule has 1 aromatic rings. The van der Waals surface area contributed by atoms with Crippen molar-refractivity contribution in [2.45, 2.75) is 39.8 Å². The second-order valence-electron chi connectivity index (χ2n) is 4.69. The summed E-state index contributed by atoms with van der Waals surface area (Å²) in [6.45, 7) is 6.80. The van der Waals surface area contributed by atoms with Gasteiger partial charge in [-0.3, -0.25) is 4.79 Å². The molecule has 3 nitrogen and oxygen atoms in total. The molecule has 2 N–H and O–H groups in total. The number of aliphatic hydroxyl groups is 1. The lowest BCUT2D eigenvalue weighted by molar-refractivity contribution is -0.118. The normalized spacial score (nSPS) is 12.5. The van der Waals surface area contributed by atoms with E-state index in [1.165, 1.54) is 23.6 Å². The first-order chi connectivity index (χ1) is 7.97. The monoisotopic (exact) mass is 235 g/mol. The summed E-state index contributed by atoms with van der Waals surface area (Å²) in [6.07, 6.45) is -0.363. The lowest BCUT2D eigenvalue weighted by Gasteiger charge is -2.11. The van der Waals surface area contributed by atoms with Crippen LogP contribution in [0.25, 0.3) is 0 Å². The number of Topliss-reactive ketones (excluding diaryl/α,β-unsaturated/α-hetero) is 1.